The zero-order valence-corrected chi connectivity index (χ0v) is 10.2. The molecule has 0 spiro atoms. The van der Waals surface area contributed by atoms with Gasteiger partial charge in [-0.1, -0.05) is 12.1 Å². The first kappa shape index (κ1) is 12.5. The SMILES string of the molecule is CC(N)(Cc1cccc(F)c1)N1CCOCC1. The van der Waals surface area contributed by atoms with Gasteiger partial charge in [-0.05, 0) is 24.6 Å². The lowest BCUT2D eigenvalue weighted by Gasteiger charge is -2.40. The number of nitrogens with zero attached hydrogens (tertiary/aromatic N) is 1. The molecule has 1 aromatic carbocycles. The Morgan fingerprint density at radius 1 is 1.41 bits per heavy atom. The highest BCUT2D eigenvalue weighted by Gasteiger charge is 2.28. The average Bonchev–Trinajstić information content (AvgIpc) is 2.29. The van der Waals surface area contributed by atoms with Gasteiger partial charge in [-0.25, -0.2) is 4.39 Å². The Hall–Kier alpha value is -0.970. The lowest BCUT2D eigenvalue weighted by molar-refractivity contribution is -0.0142. The first-order valence-corrected chi connectivity index (χ1v) is 5.94. The second-order valence-corrected chi connectivity index (χ2v) is 4.76. The van der Waals surface area contributed by atoms with Gasteiger partial charge in [-0.15, -0.1) is 0 Å². The molecular formula is C13H19FN2O. The molecule has 0 radical (unpaired) electrons. The maximum Gasteiger partial charge on any atom is 0.123 e. The molecule has 1 aliphatic heterocycles. The van der Waals surface area contributed by atoms with Crippen LogP contribution in [0.1, 0.15) is 12.5 Å². The summed E-state index contributed by atoms with van der Waals surface area (Å²) in [5.41, 5.74) is 6.81. The topological polar surface area (TPSA) is 38.5 Å². The Labute approximate surface area is 101 Å². The molecule has 0 bridgehead atoms. The molecule has 1 heterocycles. The molecule has 4 heteroatoms. The lowest BCUT2D eigenvalue weighted by Crippen LogP contribution is -2.58. The first-order valence-electron chi connectivity index (χ1n) is 5.94. The van der Waals surface area contributed by atoms with Crippen LogP contribution < -0.4 is 5.73 Å². The second-order valence-electron chi connectivity index (χ2n) is 4.76. The summed E-state index contributed by atoms with van der Waals surface area (Å²) in [4.78, 5) is 2.20. The van der Waals surface area contributed by atoms with Crippen molar-refractivity contribution in [1.82, 2.24) is 4.90 Å². The Morgan fingerprint density at radius 2 is 2.12 bits per heavy atom. The normalized spacial score (nSPS) is 21.1. The number of benzene rings is 1. The van der Waals surface area contributed by atoms with Crippen LogP contribution in [-0.4, -0.2) is 36.9 Å². The minimum atomic E-state index is -0.447. The van der Waals surface area contributed by atoms with Gasteiger partial charge in [0, 0.05) is 19.5 Å². The zero-order valence-electron chi connectivity index (χ0n) is 10.2. The highest BCUT2D eigenvalue weighted by Crippen LogP contribution is 2.17. The van der Waals surface area contributed by atoms with E-state index in [4.69, 9.17) is 10.5 Å². The fourth-order valence-corrected chi connectivity index (χ4v) is 2.25. The second kappa shape index (κ2) is 5.12. The van der Waals surface area contributed by atoms with Gasteiger partial charge >= 0.3 is 0 Å². The van der Waals surface area contributed by atoms with E-state index in [9.17, 15) is 4.39 Å². The molecular weight excluding hydrogens is 219 g/mol. The maximum atomic E-state index is 13.1. The van der Waals surface area contributed by atoms with Crippen molar-refractivity contribution in [1.29, 1.82) is 0 Å². The van der Waals surface area contributed by atoms with E-state index in [1.165, 1.54) is 6.07 Å². The van der Waals surface area contributed by atoms with Gasteiger partial charge < -0.3 is 10.5 Å². The fraction of sp³-hybridized carbons (Fsp3) is 0.538. The summed E-state index contributed by atoms with van der Waals surface area (Å²) in [6.45, 7) is 5.10. The summed E-state index contributed by atoms with van der Waals surface area (Å²) in [6.07, 6.45) is 0.644. The third-order valence-electron chi connectivity index (χ3n) is 3.18. The zero-order chi connectivity index (χ0) is 12.3. The van der Waals surface area contributed by atoms with Gasteiger partial charge in [0.15, 0.2) is 0 Å². The van der Waals surface area contributed by atoms with E-state index < -0.39 is 5.66 Å². The van der Waals surface area contributed by atoms with Crippen LogP contribution >= 0.6 is 0 Å². The van der Waals surface area contributed by atoms with Gasteiger partial charge in [-0.2, -0.15) is 0 Å². The predicted molar refractivity (Wildman–Crippen MR) is 65.1 cm³/mol. The van der Waals surface area contributed by atoms with E-state index in [1.807, 2.05) is 13.0 Å². The third-order valence-corrected chi connectivity index (χ3v) is 3.18. The van der Waals surface area contributed by atoms with Crippen molar-refractivity contribution in [3.8, 4) is 0 Å². The number of nitrogens with two attached hydrogens (primary N) is 1. The Bertz CT molecular complexity index is 375. The number of hydrogen-bond acceptors (Lipinski definition) is 3. The van der Waals surface area contributed by atoms with Gasteiger partial charge in [0.2, 0.25) is 0 Å². The minimum absolute atomic E-state index is 0.208. The molecule has 17 heavy (non-hydrogen) atoms. The predicted octanol–water partition coefficient (Wildman–Crippen LogP) is 1.38. The van der Waals surface area contributed by atoms with E-state index >= 15 is 0 Å². The van der Waals surface area contributed by atoms with Gasteiger partial charge in [0.25, 0.3) is 0 Å². The molecule has 0 aliphatic carbocycles. The van der Waals surface area contributed by atoms with Crippen LogP contribution in [0.5, 0.6) is 0 Å². The largest absolute Gasteiger partial charge is 0.379 e. The van der Waals surface area contributed by atoms with Crippen LogP contribution in [0.2, 0.25) is 0 Å². The van der Waals surface area contributed by atoms with Crippen molar-refractivity contribution in [3.05, 3.63) is 35.6 Å². The smallest absolute Gasteiger partial charge is 0.123 e. The van der Waals surface area contributed by atoms with Gasteiger partial charge in [0.05, 0.1) is 18.9 Å². The van der Waals surface area contributed by atoms with E-state index in [0.717, 1.165) is 31.9 Å². The lowest BCUT2D eigenvalue weighted by atomic mass is 10.00. The quantitative estimate of drug-likeness (QED) is 0.864. The third kappa shape index (κ3) is 3.25. The van der Waals surface area contributed by atoms with Crippen LogP contribution in [0.25, 0.3) is 0 Å². The number of halogens is 1. The van der Waals surface area contributed by atoms with Crippen molar-refractivity contribution in [2.24, 2.45) is 5.73 Å². The number of ether oxygens (including phenoxy) is 1. The number of hydrogen-bond donors (Lipinski definition) is 1. The Morgan fingerprint density at radius 3 is 2.76 bits per heavy atom. The van der Waals surface area contributed by atoms with Crippen LogP contribution in [-0.2, 0) is 11.2 Å². The van der Waals surface area contributed by atoms with Crippen LogP contribution in [0.3, 0.4) is 0 Å². The summed E-state index contributed by atoms with van der Waals surface area (Å²) in [6, 6.07) is 6.63. The number of rotatable bonds is 3. The summed E-state index contributed by atoms with van der Waals surface area (Å²) in [5.74, 6) is -0.208. The van der Waals surface area contributed by atoms with E-state index in [1.54, 1.807) is 12.1 Å². The average molecular weight is 238 g/mol. The molecule has 1 aromatic rings. The highest BCUT2D eigenvalue weighted by molar-refractivity contribution is 5.18. The van der Waals surface area contributed by atoms with Crippen LogP contribution in [0.15, 0.2) is 24.3 Å². The standard InChI is InChI=1S/C13H19FN2O/c1-13(15,16-5-7-17-8-6-16)10-11-3-2-4-12(14)9-11/h2-4,9H,5-8,10,15H2,1H3. The van der Waals surface area contributed by atoms with Crippen molar-refractivity contribution >= 4 is 0 Å². The highest BCUT2D eigenvalue weighted by atomic mass is 19.1. The molecule has 0 aromatic heterocycles. The van der Waals surface area contributed by atoms with Crippen LogP contribution in [0.4, 0.5) is 4.39 Å². The maximum absolute atomic E-state index is 13.1. The summed E-state index contributed by atoms with van der Waals surface area (Å²) >= 11 is 0. The molecule has 2 N–H and O–H groups in total. The van der Waals surface area contributed by atoms with Crippen molar-refractivity contribution in [3.63, 3.8) is 0 Å². The molecule has 1 atom stereocenters. The molecule has 1 unspecified atom stereocenters. The molecule has 2 rings (SSSR count). The molecule has 0 amide bonds. The van der Waals surface area contributed by atoms with Gasteiger partial charge in [-0.3, -0.25) is 4.90 Å². The molecule has 1 saturated heterocycles. The monoisotopic (exact) mass is 238 g/mol. The minimum Gasteiger partial charge on any atom is -0.379 e. The fourth-order valence-electron chi connectivity index (χ4n) is 2.25. The first-order chi connectivity index (χ1) is 8.08. The summed E-state index contributed by atoms with van der Waals surface area (Å²) < 4.78 is 18.4. The van der Waals surface area contributed by atoms with E-state index in [-0.39, 0.29) is 5.82 Å². The molecule has 94 valence electrons. The Balaban J connectivity index is 2.05. The van der Waals surface area contributed by atoms with E-state index in [0.29, 0.717) is 6.42 Å². The van der Waals surface area contributed by atoms with Gasteiger partial charge in [0.1, 0.15) is 5.82 Å². The van der Waals surface area contributed by atoms with Crippen molar-refractivity contribution in [2.45, 2.75) is 19.0 Å². The molecule has 1 aliphatic rings. The van der Waals surface area contributed by atoms with E-state index in [2.05, 4.69) is 4.90 Å². The molecule has 1 fully saturated rings. The Kier molecular flexibility index (Phi) is 3.76. The summed E-state index contributed by atoms with van der Waals surface area (Å²) in [5, 5.41) is 0. The molecule has 3 nitrogen and oxygen atoms in total. The van der Waals surface area contributed by atoms with Crippen molar-refractivity contribution in [2.75, 3.05) is 26.3 Å². The summed E-state index contributed by atoms with van der Waals surface area (Å²) in [7, 11) is 0. The molecule has 0 saturated carbocycles. The number of morpholine rings is 1. The van der Waals surface area contributed by atoms with Crippen LogP contribution in [0, 0.1) is 5.82 Å². The van der Waals surface area contributed by atoms with Crippen molar-refractivity contribution < 1.29 is 9.13 Å².